The number of anilines is 1. The van der Waals surface area contributed by atoms with Gasteiger partial charge in [0.2, 0.25) is 0 Å². The number of hydrogen-bond donors (Lipinski definition) is 1. The molecule has 4 nitrogen and oxygen atoms in total. The fraction of sp³-hybridized carbons (Fsp3) is 0.409. The highest BCUT2D eigenvalue weighted by atomic mass is 19.1. The van der Waals surface area contributed by atoms with Crippen LogP contribution in [0.5, 0.6) is 0 Å². The van der Waals surface area contributed by atoms with Gasteiger partial charge in [0.25, 0.3) is 0 Å². The molecule has 2 aromatic carbocycles. The van der Waals surface area contributed by atoms with Crippen LogP contribution in [0.3, 0.4) is 0 Å². The maximum atomic E-state index is 13.0. The summed E-state index contributed by atoms with van der Waals surface area (Å²) in [5.41, 5.74) is 3.24. The molecular weight excluding hydrogens is 341 g/mol. The van der Waals surface area contributed by atoms with E-state index in [2.05, 4.69) is 36.2 Å². The SMILES string of the molecule is CC(C)c1ccc(NC(=O)N2CCN(CCc3ccc(F)cc3)CC2)cc1. The minimum absolute atomic E-state index is 0.0366. The Morgan fingerprint density at radius 3 is 2.22 bits per heavy atom. The Morgan fingerprint density at radius 1 is 1.00 bits per heavy atom. The lowest BCUT2D eigenvalue weighted by Gasteiger charge is -2.34. The number of nitrogens with zero attached hydrogens (tertiary/aromatic N) is 2. The Balaban J connectivity index is 1.42. The van der Waals surface area contributed by atoms with Crippen molar-refractivity contribution in [2.75, 3.05) is 38.0 Å². The first-order valence-corrected chi connectivity index (χ1v) is 9.64. The number of piperazine rings is 1. The average molecular weight is 369 g/mol. The smallest absolute Gasteiger partial charge is 0.321 e. The van der Waals surface area contributed by atoms with Crippen molar-refractivity contribution in [1.82, 2.24) is 9.80 Å². The third kappa shape index (κ3) is 5.54. The molecule has 144 valence electrons. The number of carbonyl (C=O) groups excluding carboxylic acids is 1. The second-order valence-corrected chi connectivity index (χ2v) is 7.41. The molecule has 0 aliphatic carbocycles. The van der Waals surface area contributed by atoms with E-state index in [9.17, 15) is 9.18 Å². The van der Waals surface area contributed by atoms with Crippen molar-refractivity contribution in [1.29, 1.82) is 0 Å². The number of hydrogen-bond acceptors (Lipinski definition) is 2. The van der Waals surface area contributed by atoms with Gasteiger partial charge >= 0.3 is 6.03 Å². The molecule has 0 bridgehead atoms. The Labute approximate surface area is 161 Å². The van der Waals surface area contributed by atoms with Gasteiger partial charge in [0.1, 0.15) is 5.82 Å². The van der Waals surface area contributed by atoms with E-state index < -0.39 is 0 Å². The molecule has 3 rings (SSSR count). The van der Waals surface area contributed by atoms with Crippen molar-refractivity contribution in [3.8, 4) is 0 Å². The van der Waals surface area contributed by atoms with E-state index in [0.29, 0.717) is 5.92 Å². The molecule has 1 aliphatic rings. The fourth-order valence-electron chi connectivity index (χ4n) is 3.27. The lowest BCUT2D eigenvalue weighted by atomic mass is 10.0. The maximum Gasteiger partial charge on any atom is 0.321 e. The number of carbonyl (C=O) groups is 1. The first-order chi connectivity index (χ1) is 13.0. The number of rotatable bonds is 5. The van der Waals surface area contributed by atoms with Gasteiger partial charge in [-0.2, -0.15) is 0 Å². The van der Waals surface area contributed by atoms with Crippen LogP contribution >= 0.6 is 0 Å². The van der Waals surface area contributed by atoms with Crippen molar-refractivity contribution in [2.45, 2.75) is 26.2 Å². The molecule has 0 saturated carbocycles. The molecule has 0 unspecified atom stereocenters. The summed E-state index contributed by atoms with van der Waals surface area (Å²) in [7, 11) is 0. The van der Waals surface area contributed by atoms with Gasteiger partial charge in [-0.05, 0) is 47.7 Å². The molecule has 0 aromatic heterocycles. The van der Waals surface area contributed by atoms with E-state index in [0.717, 1.165) is 50.4 Å². The predicted octanol–water partition coefficient (Wildman–Crippen LogP) is 4.34. The molecule has 0 atom stereocenters. The van der Waals surface area contributed by atoms with Crippen LogP contribution in [0.15, 0.2) is 48.5 Å². The van der Waals surface area contributed by atoms with Crippen LogP contribution < -0.4 is 5.32 Å². The summed E-state index contributed by atoms with van der Waals surface area (Å²) in [5, 5.41) is 2.99. The summed E-state index contributed by atoms with van der Waals surface area (Å²) < 4.78 is 13.0. The zero-order valence-electron chi connectivity index (χ0n) is 16.1. The van der Waals surface area contributed by atoms with Crippen molar-refractivity contribution in [3.63, 3.8) is 0 Å². The molecule has 2 amide bonds. The summed E-state index contributed by atoms with van der Waals surface area (Å²) in [5.74, 6) is 0.287. The third-order valence-electron chi connectivity index (χ3n) is 5.12. The van der Waals surface area contributed by atoms with Gasteiger partial charge in [0.05, 0.1) is 0 Å². The van der Waals surface area contributed by atoms with Crippen molar-refractivity contribution in [2.24, 2.45) is 0 Å². The Kier molecular flexibility index (Phi) is 6.45. The zero-order chi connectivity index (χ0) is 19.2. The van der Waals surface area contributed by atoms with E-state index in [1.165, 1.54) is 17.7 Å². The van der Waals surface area contributed by atoms with Crippen LogP contribution in [-0.4, -0.2) is 48.6 Å². The first-order valence-electron chi connectivity index (χ1n) is 9.64. The summed E-state index contributed by atoms with van der Waals surface area (Å²) in [4.78, 5) is 16.7. The van der Waals surface area contributed by atoms with Crippen molar-refractivity contribution < 1.29 is 9.18 Å². The lowest BCUT2D eigenvalue weighted by molar-refractivity contribution is 0.148. The first kappa shape index (κ1) is 19.4. The maximum absolute atomic E-state index is 13.0. The third-order valence-corrected chi connectivity index (χ3v) is 5.12. The number of halogens is 1. The topological polar surface area (TPSA) is 35.6 Å². The van der Waals surface area contributed by atoms with Crippen molar-refractivity contribution >= 4 is 11.7 Å². The molecule has 1 saturated heterocycles. The van der Waals surface area contributed by atoms with E-state index in [1.807, 2.05) is 29.2 Å². The van der Waals surface area contributed by atoms with Gasteiger partial charge in [0.15, 0.2) is 0 Å². The molecule has 5 heteroatoms. The van der Waals surface area contributed by atoms with Gasteiger partial charge in [-0.1, -0.05) is 38.1 Å². The van der Waals surface area contributed by atoms with Crippen LogP contribution in [0.1, 0.15) is 30.9 Å². The zero-order valence-corrected chi connectivity index (χ0v) is 16.1. The van der Waals surface area contributed by atoms with Crippen molar-refractivity contribution in [3.05, 3.63) is 65.5 Å². The van der Waals surface area contributed by atoms with Crippen LogP contribution in [0.25, 0.3) is 0 Å². The number of nitrogens with one attached hydrogen (secondary N) is 1. The molecule has 1 fully saturated rings. The molecule has 2 aromatic rings. The average Bonchev–Trinajstić information content (AvgIpc) is 2.68. The molecule has 27 heavy (non-hydrogen) atoms. The highest BCUT2D eigenvalue weighted by Crippen LogP contribution is 2.17. The number of benzene rings is 2. The molecule has 0 radical (unpaired) electrons. The van der Waals surface area contributed by atoms with Gasteiger partial charge in [-0.15, -0.1) is 0 Å². The highest BCUT2D eigenvalue weighted by Gasteiger charge is 2.20. The van der Waals surface area contributed by atoms with Crippen LogP contribution in [-0.2, 0) is 6.42 Å². The quantitative estimate of drug-likeness (QED) is 0.851. The largest absolute Gasteiger partial charge is 0.322 e. The number of urea groups is 1. The second kappa shape index (κ2) is 9.00. The second-order valence-electron chi connectivity index (χ2n) is 7.41. The highest BCUT2D eigenvalue weighted by molar-refractivity contribution is 5.89. The predicted molar refractivity (Wildman–Crippen MR) is 108 cm³/mol. The summed E-state index contributed by atoms with van der Waals surface area (Å²) in [6.07, 6.45) is 0.897. The number of amides is 2. The van der Waals surface area contributed by atoms with E-state index in [-0.39, 0.29) is 11.8 Å². The molecule has 0 spiro atoms. The van der Waals surface area contributed by atoms with Gasteiger partial charge in [0, 0.05) is 38.4 Å². The standard InChI is InChI=1S/C22H28FN3O/c1-17(2)19-5-9-21(10-6-19)24-22(27)26-15-13-25(14-16-26)12-11-18-3-7-20(23)8-4-18/h3-10,17H,11-16H2,1-2H3,(H,24,27). The Morgan fingerprint density at radius 2 is 1.63 bits per heavy atom. The summed E-state index contributed by atoms with van der Waals surface area (Å²) in [6, 6.07) is 14.7. The van der Waals surface area contributed by atoms with Crippen LogP contribution in [0.2, 0.25) is 0 Å². The molecule has 1 aliphatic heterocycles. The van der Waals surface area contributed by atoms with Gasteiger partial charge < -0.3 is 10.2 Å². The molecule has 1 heterocycles. The Bertz CT molecular complexity index is 735. The molecule has 1 N–H and O–H groups in total. The summed E-state index contributed by atoms with van der Waals surface area (Å²) in [6.45, 7) is 8.41. The van der Waals surface area contributed by atoms with Crippen LogP contribution in [0, 0.1) is 5.82 Å². The van der Waals surface area contributed by atoms with E-state index >= 15 is 0 Å². The lowest BCUT2D eigenvalue weighted by Crippen LogP contribution is -2.50. The fourth-order valence-corrected chi connectivity index (χ4v) is 3.27. The van der Waals surface area contributed by atoms with Gasteiger partial charge in [-0.3, -0.25) is 4.90 Å². The Hall–Kier alpha value is -2.40. The van der Waals surface area contributed by atoms with E-state index in [4.69, 9.17) is 0 Å². The minimum Gasteiger partial charge on any atom is -0.322 e. The van der Waals surface area contributed by atoms with Gasteiger partial charge in [-0.25, -0.2) is 9.18 Å². The van der Waals surface area contributed by atoms with E-state index in [1.54, 1.807) is 0 Å². The molecular formula is C22H28FN3O. The monoisotopic (exact) mass is 369 g/mol. The summed E-state index contributed by atoms with van der Waals surface area (Å²) >= 11 is 0. The van der Waals surface area contributed by atoms with Crippen LogP contribution in [0.4, 0.5) is 14.9 Å². The minimum atomic E-state index is -0.197. The normalized spacial score (nSPS) is 15.2.